The van der Waals surface area contributed by atoms with E-state index in [1.54, 1.807) is 6.08 Å². The van der Waals surface area contributed by atoms with Crippen molar-refractivity contribution in [2.75, 3.05) is 0 Å². The van der Waals surface area contributed by atoms with Crippen molar-refractivity contribution in [1.29, 1.82) is 0 Å². The van der Waals surface area contributed by atoms with Crippen molar-refractivity contribution >= 4 is 49.2 Å². The molecule has 0 aliphatic rings. The monoisotopic (exact) mass is 730 g/mol. The number of nitrogens with zero attached hydrogens (tertiary/aromatic N) is 4. The molecule has 0 amide bonds. The number of hydrogen-bond donors (Lipinski definition) is 0. The first-order valence-corrected chi connectivity index (χ1v) is 19.3. The summed E-state index contributed by atoms with van der Waals surface area (Å²) in [6.45, 7) is 5.87. The van der Waals surface area contributed by atoms with Crippen molar-refractivity contribution in [1.82, 2.24) is 19.1 Å². The van der Waals surface area contributed by atoms with E-state index in [0.717, 1.165) is 39.5 Å². The molecule has 4 nitrogen and oxygen atoms in total. The lowest BCUT2D eigenvalue weighted by Gasteiger charge is -2.12. The Balaban J connectivity index is 1.06. The van der Waals surface area contributed by atoms with Crippen LogP contribution in [0.25, 0.3) is 94.3 Å². The third-order valence-electron chi connectivity index (χ3n) is 10.9. The van der Waals surface area contributed by atoms with Crippen LogP contribution in [0.15, 0.2) is 207 Å². The van der Waals surface area contributed by atoms with E-state index in [1.165, 1.54) is 54.7 Å². The van der Waals surface area contributed by atoms with Crippen LogP contribution >= 0.6 is 0 Å². The van der Waals surface area contributed by atoms with Crippen LogP contribution in [0, 0.1) is 0 Å². The molecule has 0 radical (unpaired) electrons. The van der Waals surface area contributed by atoms with Gasteiger partial charge in [-0.3, -0.25) is 0 Å². The van der Waals surface area contributed by atoms with E-state index in [-0.39, 0.29) is 0 Å². The molecule has 0 saturated heterocycles. The fourth-order valence-corrected chi connectivity index (χ4v) is 8.10. The standard InChI is InChI=1S/C53H38N4/c1-3-4-7-16-36(2)47-35-48(55-53(54-47)38-17-8-5-9-18-38)37-25-29-42(30-26-37)57-50-24-15-13-22-44(50)46-34-40(28-32-52(46)57)39-27-31-51-45(33-39)43-21-12-14-23-49(43)56(51)41-19-10-6-11-20-41/h3-35H,1H2,2H3/b7-4-,36-16+. The molecule has 0 aliphatic heterocycles. The van der Waals surface area contributed by atoms with Gasteiger partial charge in [-0.25, -0.2) is 9.97 Å². The molecule has 0 aliphatic carbocycles. The van der Waals surface area contributed by atoms with Gasteiger partial charge in [0.2, 0.25) is 0 Å². The summed E-state index contributed by atoms with van der Waals surface area (Å²) in [5.74, 6) is 0.701. The molecule has 57 heavy (non-hydrogen) atoms. The van der Waals surface area contributed by atoms with Gasteiger partial charge in [0, 0.05) is 44.0 Å². The number of hydrogen-bond acceptors (Lipinski definition) is 2. The largest absolute Gasteiger partial charge is 0.309 e. The van der Waals surface area contributed by atoms with Crippen LogP contribution < -0.4 is 0 Å². The molecule has 7 aromatic carbocycles. The van der Waals surface area contributed by atoms with E-state index < -0.39 is 0 Å². The molecule has 0 unspecified atom stereocenters. The van der Waals surface area contributed by atoms with Gasteiger partial charge in [0.05, 0.1) is 33.5 Å². The summed E-state index contributed by atoms with van der Waals surface area (Å²) in [7, 11) is 0. The second kappa shape index (κ2) is 14.3. The molecule has 0 atom stereocenters. The smallest absolute Gasteiger partial charge is 0.160 e. The van der Waals surface area contributed by atoms with Gasteiger partial charge in [0.15, 0.2) is 5.82 Å². The zero-order valence-electron chi connectivity index (χ0n) is 31.5. The van der Waals surface area contributed by atoms with Crippen LogP contribution in [-0.4, -0.2) is 19.1 Å². The maximum atomic E-state index is 5.06. The lowest BCUT2D eigenvalue weighted by molar-refractivity contribution is 1.15. The highest BCUT2D eigenvalue weighted by Crippen LogP contribution is 2.38. The molecule has 0 saturated carbocycles. The minimum atomic E-state index is 0.701. The number of para-hydroxylation sites is 3. The zero-order chi connectivity index (χ0) is 38.3. The number of fused-ring (bicyclic) bond motifs is 6. The predicted octanol–water partition coefficient (Wildman–Crippen LogP) is 13.8. The molecule has 4 heteroatoms. The van der Waals surface area contributed by atoms with Crippen LogP contribution in [0.4, 0.5) is 0 Å². The minimum absolute atomic E-state index is 0.701. The Morgan fingerprint density at radius 2 is 0.965 bits per heavy atom. The molecule has 3 heterocycles. The lowest BCUT2D eigenvalue weighted by Crippen LogP contribution is -1.98. The molecule has 0 N–H and O–H groups in total. The Labute approximate surface area is 331 Å². The summed E-state index contributed by atoms with van der Waals surface area (Å²) >= 11 is 0. The van der Waals surface area contributed by atoms with E-state index in [0.29, 0.717) is 5.82 Å². The van der Waals surface area contributed by atoms with Gasteiger partial charge in [-0.05, 0) is 90.4 Å². The van der Waals surface area contributed by atoms with Gasteiger partial charge in [0.25, 0.3) is 0 Å². The molecular formula is C53H38N4. The van der Waals surface area contributed by atoms with E-state index in [2.05, 4.69) is 186 Å². The quantitative estimate of drug-likeness (QED) is 0.146. The Bertz CT molecular complexity index is 3180. The average Bonchev–Trinajstić information content (AvgIpc) is 3.79. The summed E-state index contributed by atoms with van der Waals surface area (Å²) in [6.07, 6.45) is 7.74. The Morgan fingerprint density at radius 3 is 1.56 bits per heavy atom. The van der Waals surface area contributed by atoms with Crippen molar-refractivity contribution in [2.24, 2.45) is 0 Å². The highest BCUT2D eigenvalue weighted by Gasteiger charge is 2.17. The fourth-order valence-electron chi connectivity index (χ4n) is 8.10. The topological polar surface area (TPSA) is 35.6 Å². The van der Waals surface area contributed by atoms with Crippen LogP contribution in [0.3, 0.4) is 0 Å². The Morgan fingerprint density at radius 1 is 0.456 bits per heavy atom. The number of rotatable bonds is 8. The molecule has 0 bridgehead atoms. The first-order valence-electron chi connectivity index (χ1n) is 19.3. The van der Waals surface area contributed by atoms with E-state index in [1.807, 2.05) is 30.4 Å². The number of aromatic nitrogens is 4. The summed E-state index contributed by atoms with van der Waals surface area (Å²) in [6, 6.07) is 62.8. The first kappa shape index (κ1) is 34.0. The zero-order valence-corrected chi connectivity index (χ0v) is 31.5. The molecule has 10 rings (SSSR count). The summed E-state index contributed by atoms with van der Waals surface area (Å²) in [4.78, 5) is 10.0. The molecular weight excluding hydrogens is 693 g/mol. The van der Waals surface area contributed by atoms with Gasteiger partial charge >= 0.3 is 0 Å². The van der Waals surface area contributed by atoms with Crippen molar-refractivity contribution in [3.8, 4) is 45.1 Å². The SMILES string of the molecule is C=C/C=C\C=C(/C)c1cc(-c2ccc(-n3c4ccccc4c4cc(-c5ccc6c(c5)c5ccccc5n6-c5ccccc5)ccc43)cc2)nc(-c2ccccc2)n1. The first-order chi connectivity index (χ1) is 28.1. The summed E-state index contributed by atoms with van der Waals surface area (Å²) < 4.78 is 4.73. The fraction of sp³-hybridized carbons (Fsp3) is 0.0189. The van der Waals surface area contributed by atoms with Crippen molar-refractivity contribution < 1.29 is 0 Å². The van der Waals surface area contributed by atoms with Crippen molar-refractivity contribution in [2.45, 2.75) is 6.92 Å². The van der Waals surface area contributed by atoms with Crippen LogP contribution in [0.2, 0.25) is 0 Å². The third kappa shape index (κ3) is 6.05. The number of allylic oxidation sites excluding steroid dienone is 5. The predicted molar refractivity (Wildman–Crippen MR) is 240 cm³/mol. The molecule has 10 aromatic rings. The van der Waals surface area contributed by atoms with Crippen molar-refractivity contribution in [3.05, 3.63) is 213 Å². The maximum Gasteiger partial charge on any atom is 0.160 e. The Kier molecular flexibility index (Phi) is 8.50. The highest BCUT2D eigenvalue weighted by atomic mass is 15.0. The molecule has 0 spiro atoms. The summed E-state index contributed by atoms with van der Waals surface area (Å²) in [5, 5.41) is 4.94. The van der Waals surface area contributed by atoms with Gasteiger partial charge in [-0.2, -0.15) is 0 Å². The van der Waals surface area contributed by atoms with Gasteiger partial charge in [-0.1, -0.05) is 140 Å². The second-order valence-corrected chi connectivity index (χ2v) is 14.3. The third-order valence-corrected chi connectivity index (χ3v) is 10.9. The molecule has 3 aromatic heterocycles. The van der Waals surface area contributed by atoms with E-state index in [9.17, 15) is 0 Å². The Hall–Kier alpha value is -7.56. The van der Waals surface area contributed by atoms with E-state index in [4.69, 9.17) is 9.97 Å². The highest BCUT2D eigenvalue weighted by molar-refractivity contribution is 6.12. The van der Waals surface area contributed by atoms with Gasteiger partial charge in [0.1, 0.15) is 0 Å². The van der Waals surface area contributed by atoms with Gasteiger partial charge < -0.3 is 9.13 Å². The summed E-state index contributed by atoms with van der Waals surface area (Å²) in [5.41, 5.74) is 14.2. The lowest BCUT2D eigenvalue weighted by atomic mass is 10.0. The minimum Gasteiger partial charge on any atom is -0.309 e. The normalized spacial score (nSPS) is 12.1. The van der Waals surface area contributed by atoms with Crippen LogP contribution in [0.5, 0.6) is 0 Å². The van der Waals surface area contributed by atoms with Crippen molar-refractivity contribution in [3.63, 3.8) is 0 Å². The average molecular weight is 731 g/mol. The maximum absolute atomic E-state index is 5.06. The van der Waals surface area contributed by atoms with Crippen LogP contribution in [0.1, 0.15) is 12.6 Å². The van der Waals surface area contributed by atoms with Crippen LogP contribution in [-0.2, 0) is 0 Å². The molecule has 0 fully saturated rings. The molecule has 270 valence electrons. The second-order valence-electron chi connectivity index (χ2n) is 14.3. The number of benzene rings is 7. The van der Waals surface area contributed by atoms with E-state index >= 15 is 0 Å². The van der Waals surface area contributed by atoms with Gasteiger partial charge in [-0.15, -0.1) is 0 Å².